The molecule has 5 rings (SSSR count). The number of imide groups is 1. The third-order valence-electron chi connectivity index (χ3n) is 6.44. The largest absolute Gasteiger partial charge is 0.435 e. The highest BCUT2D eigenvalue weighted by molar-refractivity contribution is 6.08. The van der Waals surface area contributed by atoms with E-state index in [1.165, 1.54) is 24.3 Å². The molecule has 1 saturated carbocycles. The molecule has 2 aromatic heterocycles. The smallest absolute Gasteiger partial charge is 0.369 e. The molecule has 3 amide bonds. The van der Waals surface area contributed by atoms with Gasteiger partial charge in [0.15, 0.2) is 17.0 Å². The number of nitrogens with one attached hydrogen (secondary N) is 3. The summed E-state index contributed by atoms with van der Waals surface area (Å²) in [6.07, 6.45) is -9.77. The molecule has 0 bridgehead atoms. The van der Waals surface area contributed by atoms with Crippen molar-refractivity contribution in [1.29, 1.82) is 0 Å². The van der Waals surface area contributed by atoms with Crippen molar-refractivity contribution < 1.29 is 40.3 Å². The van der Waals surface area contributed by atoms with Gasteiger partial charge in [0.1, 0.15) is 17.2 Å². The predicted molar refractivity (Wildman–Crippen MR) is 108 cm³/mol. The predicted octanol–water partition coefficient (Wildman–Crippen LogP) is 3.70. The number of nitrogens with zero attached hydrogens (tertiary/aromatic N) is 3. The first-order valence-corrected chi connectivity index (χ1v) is 10.5. The van der Waals surface area contributed by atoms with Crippen LogP contribution in [0, 0.1) is 11.7 Å². The van der Waals surface area contributed by atoms with Gasteiger partial charge < -0.3 is 10.6 Å². The fourth-order valence-electron chi connectivity index (χ4n) is 4.71. The molecule has 1 aliphatic carbocycles. The standard InChI is InChI=1S/C21H15F7N6O2/c22-10-3-1-9(2-4-10)11-7-19(17(35)31-18(36)32-19)12(11)8-29-15-5-13(20(23,24)25)30-16-6-14(21(26,27)28)33-34(15)16/h1-6,11-12,29H,7-8H2,(H2,31,32,35,36). The minimum Gasteiger partial charge on any atom is -0.369 e. The number of urea groups is 1. The number of hydrogen-bond acceptors (Lipinski definition) is 5. The van der Waals surface area contributed by atoms with Crippen LogP contribution in [0.3, 0.4) is 0 Å². The third kappa shape index (κ3) is 3.87. The summed E-state index contributed by atoms with van der Waals surface area (Å²) in [5.74, 6) is -2.78. The molecule has 3 atom stereocenters. The zero-order valence-electron chi connectivity index (χ0n) is 17.8. The van der Waals surface area contributed by atoms with Crippen molar-refractivity contribution >= 4 is 23.4 Å². The quantitative estimate of drug-likeness (QED) is 0.363. The molecule has 3 heterocycles. The van der Waals surface area contributed by atoms with Gasteiger partial charge >= 0.3 is 18.4 Å². The fraction of sp³-hybridized carbons (Fsp3) is 0.333. The Kier molecular flexibility index (Phi) is 5.16. The van der Waals surface area contributed by atoms with Gasteiger partial charge in [-0.25, -0.2) is 14.2 Å². The highest BCUT2D eigenvalue weighted by atomic mass is 19.4. The highest BCUT2D eigenvalue weighted by Crippen LogP contribution is 2.51. The number of halogens is 7. The minimum absolute atomic E-state index is 0.127. The molecule has 8 nitrogen and oxygen atoms in total. The van der Waals surface area contributed by atoms with Crippen molar-refractivity contribution in [2.75, 3.05) is 11.9 Å². The van der Waals surface area contributed by atoms with Crippen LogP contribution in [0.15, 0.2) is 36.4 Å². The summed E-state index contributed by atoms with van der Waals surface area (Å²) in [5.41, 5.74) is -4.37. The molecule has 1 saturated heterocycles. The van der Waals surface area contributed by atoms with Gasteiger partial charge in [0.05, 0.1) is 0 Å². The summed E-state index contributed by atoms with van der Waals surface area (Å²) in [7, 11) is 0. The van der Waals surface area contributed by atoms with Gasteiger partial charge in [0.25, 0.3) is 5.91 Å². The second kappa shape index (κ2) is 7.80. The van der Waals surface area contributed by atoms with Crippen LogP contribution in [0.4, 0.5) is 41.3 Å². The number of rotatable bonds is 4. The molecule has 1 aliphatic heterocycles. The molecule has 1 spiro atoms. The van der Waals surface area contributed by atoms with E-state index in [-0.39, 0.29) is 13.0 Å². The number of hydrogen-bond donors (Lipinski definition) is 3. The highest BCUT2D eigenvalue weighted by Gasteiger charge is 2.62. The molecule has 36 heavy (non-hydrogen) atoms. The number of aromatic nitrogens is 3. The number of carbonyl (C=O) groups is 2. The molecular weight excluding hydrogens is 501 g/mol. The van der Waals surface area contributed by atoms with E-state index in [1.54, 1.807) is 0 Å². The Morgan fingerprint density at radius 2 is 1.69 bits per heavy atom. The summed E-state index contributed by atoms with van der Waals surface area (Å²) >= 11 is 0. The maximum atomic E-state index is 13.4. The fourth-order valence-corrected chi connectivity index (χ4v) is 4.71. The van der Waals surface area contributed by atoms with E-state index in [9.17, 15) is 40.3 Å². The molecule has 3 unspecified atom stereocenters. The second-order valence-corrected chi connectivity index (χ2v) is 8.55. The molecule has 3 N–H and O–H groups in total. The molecule has 15 heteroatoms. The lowest BCUT2D eigenvalue weighted by Gasteiger charge is -2.51. The van der Waals surface area contributed by atoms with Crippen LogP contribution < -0.4 is 16.0 Å². The van der Waals surface area contributed by atoms with E-state index < -0.39 is 70.3 Å². The lowest BCUT2D eigenvalue weighted by atomic mass is 9.56. The Hall–Kier alpha value is -3.91. The summed E-state index contributed by atoms with van der Waals surface area (Å²) in [4.78, 5) is 27.6. The maximum absolute atomic E-state index is 13.4. The maximum Gasteiger partial charge on any atom is 0.435 e. The van der Waals surface area contributed by atoms with Crippen molar-refractivity contribution in [2.24, 2.45) is 5.92 Å². The number of carbonyl (C=O) groups excluding carboxylic acids is 2. The van der Waals surface area contributed by atoms with Crippen LogP contribution in [0.5, 0.6) is 0 Å². The van der Waals surface area contributed by atoms with Gasteiger partial charge in [0, 0.05) is 24.6 Å². The Morgan fingerprint density at radius 3 is 2.28 bits per heavy atom. The molecule has 190 valence electrons. The lowest BCUT2D eigenvalue weighted by Crippen LogP contribution is -2.65. The van der Waals surface area contributed by atoms with E-state index in [0.717, 1.165) is 0 Å². The van der Waals surface area contributed by atoms with Crippen LogP contribution in [-0.2, 0) is 17.1 Å². The normalized spacial score (nSPS) is 24.1. The van der Waals surface area contributed by atoms with Crippen molar-refractivity contribution in [3.63, 3.8) is 0 Å². The van der Waals surface area contributed by atoms with Crippen LogP contribution in [0.25, 0.3) is 5.65 Å². The average molecular weight is 516 g/mol. The van der Waals surface area contributed by atoms with Crippen LogP contribution >= 0.6 is 0 Å². The van der Waals surface area contributed by atoms with E-state index in [1.807, 2.05) is 0 Å². The molecule has 2 fully saturated rings. The number of alkyl halides is 6. The Bertz CT molecular complexity index is 1370. The van der Waals surface area contributed by atoms with Gasteiger partial charge in [-0.2, -0.15) is 36.0 Å². The van der Waals surface area contributed by atoms with Gasteiger partial charge in [-0.3, -0.25) is 10.1 Å². The minimum atomic E-state index is -4.96. The summed E-state index contributed by atoms with van der Waals surface area (Å²) in [6, 6.07) is 5.48. The molecule has 2 aliphatic rings. The van der Waals surface area contributed by atoms with Crippen LogP contribution in [-0.4, -0.2) is 38.6 Å². The Morgan fingerprint density at radius 1 is 1.03 bits per heavy atom. The van der Waals surface area contributed by atoms with Crippen molar-refractivity contribution in [3.05, 3.63) is 59.2 Å². The van der Waals surface area contributed by atoms with E-state index >= 15 is 0 Å². The van der Waals surface area contributed by atoms with E-state index in [4.69, 9.17) is 0 Å². The van der Waals surface area contributed by atoms with Gasteiger partial charge in [0.2, 0.25) is 0 Å². The SMILES string of the molecule is O=C1NC(=O)C2(CC(c3ccc(F)cc3)C2CNc2cc(C(F)(F)F)nc3cc(C(F)(F)F)nn23)N1. The first kappa shape index (κ1) is 23.8. The Labute approximate surface area is 196 Å². The van der Waals surface area contributed by atoms with Gasteiger partial charge in [-0.15, -0.1) is 0 Å². The third-order valence-corrected chi connectivity index (χ3v) is 6.44. The van der Waals surface area contributed by atoms with Gasteiger partial charge in [-0.1, -0.05) is 12.1 Å². The molecule has 0 radical (unpaired) electrons. The van der Waals surface area contributed by atoms with Gasteiger partial charge in [-0.05, 0) is 30.0 Å². The summed E-state index contributed by atoms with van der Waals surface area (Å²) < 4.78 is 93.6. The number of anilines is 1. The first-order chi connectivity index (χ1) is 16.8. The summed E-state index contributed by atoms with van der Waals surface area (Å²) in [6.45, 7) is -0.243. The molecule has 1 aromatic carbocycles. The first-order valence-electron chi connectivity index (χ1n) is 10.5. The molecular formula is C21H15F7N6O2. The van der Waals surface area contributed by atoms with Crippen molar-refractivity contribution in [3.8, 4) is 0 Å². The number of benzene rings is 1. The van der Waals surface area contributed by atoms with Crippen LogP contribution in [0.2, 0.25) is 0 Å². The zero-order chi connectivity index (χ0) is 26.0. The summed E-state index contributed by atoms with van der Waals surface area (Å²) in [5, 5.41) is 10.6. The average Bonchev–Trinajstić information content (AvgIpc) is 3.34. The second-order valence-electron chi connectivity index (χ2n) is 8.55. The zero-order valence-corrected chi connectivity index (χ0v) is 17.8. The van der Waals surface area contributed by atoms with E-state index in [2.05, 4.69) is 26.0 Å². The van der Waals surface area contributed by atoms with Crippen molar-refractivity contribution in [1.82, 2.24) is 25.2 Å². The van der Waals surface area contributed by atoms with Crippen LogP contribution in [0.1, 0.15) is 29.3 Å². The topological polar surface area (TPSA) is 100 Å². The molecule has 3 aromatic rings. The number of amides is 3. The Balaban J connectivity index is 1.52. The number of fused-ring (bicyclic) bond motifs is 1. The monoisotopic (exact) mass is 516 g/mol. The lowest BCUT2D eigenvalue weighted by molar-refractivity contribution is -0.142. The van der Waals surface area contributed by atoms with E-state index in [0.29, 0.717) is 22.2 Å². The van der Waals surface area contributed by atoms with Crippen molar-refractivity contribution in [2.45, 2.75) is 30.2 Å².